The summed E-state index contributed by atoms with van der Waals surface area (Å²) < 4.78 is 17.8. The molecule has 2 rings (SSSR count). The summed E-state index contributed by atoms with van der Waals surface area (Å²) in [4.78, 5) is 18.9. The van der Waals surface area contributed by atoms with Crippen molar-refractivity contribution >= 4 is 17.0 Å². The van der Waals surface area contributed by atoms with Crippen LogP contribution in [0, 0.1) is 5.82 Å². The molecule has 0 fully saturated rings. The summed E-state index contributed by atoms with van der Waals surface area (Å²) in [5.41, 5.74) is 0.388. The highest BCUT2D eigenvalue weighted by Crippen LogP contribution is 2.14. The molecule has 1 N–H and O–H groups in total. The van der Waals surface area contributed by atoms with Crippen molar-refractivity contribution in [2.45, 2.75) is 6.92 Å². The molecule has 1 aromatic carbocycles. The smallest absolute Gasteiger partial charge is 0.374 e. The average Bonchev–Trinajstić information content (AvgIpc) is 2.28. The van der Waals surface area contributed by atoms with Gasteiger partial charge in [-0.1, -0.05) is 0 Å². The zero-order chi connectivity index (χ0) is 12.3. The lowest BCUT2D eigenvalue weighted by Crippen LogP contribution is -2.26. The Morgan fingerprint density at radius 3 is 3.12 bits per heavy atom. The number of fused-ring (bicyclic) bond motifs is 1. The minimum atomic E-state index is -0.636. The van der Waals surface area contributed by atoms with Crippen molar-refractivity contribution in [2.75, 3.05) is 6.54 Å². The maximum absolute atomic E-state index is 13.0. The number of rotatable bonds is 2. The summed E-state index contributed by atoms with van der Waals surface area (Å²) in [6.07, 6.45) is 0.833. The standard InChI is InChI=1S/C11H10FN3O2/c1-2-13-11(16)17-10-14-6-7-3-4-8(12)5-9(7)15-10/h3-6H,2H2,1H3,(H,13,16). The molecule has 0 saturated carbocycles. The predicted molar refractivity (Wildman–Crippen MR) is 59.2 cm³/mol. The lowest BCUT2D eigenvalue weighted by molar-refractivity contribution is 0.197. The first-order valence-electron chi connectivity index (χ1n) is 5.07. The van der Waals surface area contributed by atoms with Crippen molar-refractivity contribution < 1.29 is 13.9 Å². The number of ether oxygens (including phenoxy) is 1. The Bertz CT molecular complexity index is 559. The number of benzene rings is 1. The molecule has 0 saturated heterocycles. The molecule has 2 aromatic rings. The molecule has 0 radical (unpaired) electrons. The van der Waals surface area contributed by atoms with Crippen LogP contribution in [0.2, 0.25) is 0 Å². The van der Waals surface area contributed by atoms with Crippen LogP contribution in [0.1, 0.15) is 6.92 Å². The molecule has 0 aliphatic carbocycles. The molecule has 1 amide bonds. The molecular weight excluding hydrogens is 225 g/mol. The first-order chi connectivity index (χ1) is 8.19. The SMILES string of the molecule is CCNC(=O)Oc1ncc2ccc(F)cc2n1. The van der Waals surface area contributed by atoms with Gasteiger partial charge in [0, 0.05) is 24.2 Å². The maximum Gasteiger partial charge on any atom is 0.415 e. The van der Waals surface area contributed by atoms with E-state index >= 15 is 0 Å². The summed E-state index contributed by atoms with van der Waals surface area (Å²) in [7, 11) is 0. The van der Waals surface area contributed by atoms with Gasteiger partial charge in [-0.15, -0.1) is 0 Å². The molecule has 0 aliphatic rings. The van der Waals surface area contributed by atoms with Crippen molar-refractivity contribution in [3.8, 4) is 6.01 Å². The summed E-state index contributed by atoms with van der Waals surface area (Å²) >= 11 is 0. The van der Waals surface area contributed by atoms with E-state index in [0.717, 1.165) is 0 Å². The van der Waals surface area contributed by atoms with Crippen LogP contribution < -0.4 is 10.1 Å². The molecule has 0 bridgehead atoms. The number of nitrogens with zero attached hydrogens (tertiary/aromatic N) is 2. The molecule has 88 valence electrons. The Hall–Kier alpha value is -2.24. The van der Waals surface area contributed by atoms with Crippen LogP contribution in [0.4, 0.5) is 9.18 Å². The predicted octanol–water partition coefficient (Wildman–Crippen LogP) is 1.88. The van der Waals surface area contributed by atoms with E-state index in [0.29, 0.717) is 17.4 Å². The van der Waals surface area contributed by atoms with Gasteiger partial charge in [0.1, 0.15) is 5.82 Å². The van der Waals surface area contributed by atoms with E-state index < -0.39 is 11.9 Å². The summed E-state index contributed by atoms with van der Waals surface area (Å²) in [5.74, 6) is -0.403. The Kier molecular flexibility index (Phi) is 3.13. The molecule has 6 heteroatoms. The number of carbonyl (C=O) groups excluding carboxylic acids is 1. The first-order valence-corrected chi connectivity index (χ1v) is 5.07. The van der Waals surface area contributed by atoms with E-state index in [4.69, 9.17) is 4.74 Å². The van der Waals surface area contributed by atoms with Crippen LogP contribution in [-0.4, -0.2) is 22.6 Å². The van der Waals surface area contributed by atoms with Gasteiger partial charge in [0.25, 0.3) is 0 Å². The number of hydrogen-bond acceptors (Lipinski definition) is 4. The van der Waals surface area contributed by atoms with Gasteiger partial charge in [-0.3, -0.25) is 0 Å². The number of amides is 1. The minimum Gasteiger partial charge on any atom is -0.374 e. The van der Waals surface area contributed by atoms with E-state index in [1.807, 2.05) is 0 Å². The fourth-order valence-corrected chi connectivity index (χ4v) is 1.29. The van der Waals surface area contributed by atoms with Crippen LogP contribution in [-0.2, 0) is 0 Å². The summed E-state index contributed by atoms with van der Waals surface area (Å²) in [6.45, 7) is 2.21. The molecule has 0 spiro atoms. The maximum atomic E-state index is 13.0. The second kappa shape index (κ2) is 4.73. The largest absolute Gasteiger partial charge is 0.415 e. The number of hydrogen-bond donors (Lipinski definition) is 1. The average molecular weight is 235 g/mol. The zero-order valence-electron chi connectivity index (χ0n) is 9.11. The van der Waals surface area contributed by atoms with E-state index in [1.54, 1.807) is 13.0 Å². The Labute approximate surface area is 96.6 Å². The highest BCUT2D eigenvalue weighted by Gasteiger charge is 2.06. The Morgan fingerprint density at radius 2 is 2.35 bits per heavy atom. The highest BCUT2D eigenvalue weighted by atomic mass is 19.1. The van der Waals surface area contributed by atoms with Crippen molar-refractivity contribution in [3.63, 3.8) is 0 Å². The molecule has 0 aliphatic heterocycles. The number of aromatic nitrogens is 2. The van der Waals surface area contributed by atoms with Crippen molar-refractivity contribution in [1.82, 2.24) is 15.3 Å². The summed E-state index contributed by atoms with van der Waals surface area (Å²) in [6, 6.07) is 4.02. The fourth-order valence-electron chi connectivity index (χ4n) is 1.29. The highest BCUT2D eigenvalue weighted by molar-refractivity contribution is 5.78. The quantitative estimate of drug-likeness (QED) is 0.863. The van der Waals surface area contributed by atoms with Crippen LogP contribution in [0.15, 0.2) is 24.4 Å². The molecule has 17 heavy (non-hydrogen) atoms. The summed E-state index contributed by atoms with van der Waals surface area (Å²) in [5, 5.41) is 3.11. The topological polar surface area (TPSA) is 64.1 Å². The zero-order valence-corrected chi connectivity index (χ0v) is 9.11. The Morgan fingerprint density at radius 1 is 1.53 bits per heavy atom. The molecular formula is C11H10FN3O2. The lowest BCUT2D eigenvalue weighted by Gasteiger charge is -2.03. The van der Waals surface area contributed by atoms with Gasteiger partial charge in [-0.25, -0.2) is 14.2 Å². The second-order valence-corrected chi connectivity index (χ2v) is 3.28. The Balaban J connectivity index is 2.27. The van der Waals surface area contributed by atoms with Gasteiger partial charge in [0.2, 0.25) is 0 Å². The third-order valence-corrected chi connectivity index (χ3v) is 2.03. The van der Waals surface area contributed by atoms with Gasteiger partial charge in [-0.05, 0) is 19.1 Å². The first kappa shape index (κ1) is 11.3. The van der Waals surface area contributed by atoms with E-state index in [9.17, 15) is 9.18 Å². The van der Waals surface area contributed by atoms with Crippen molar-refractivity contribution in [1.29, 1.82) is 0 Å². The van der Waals surface area contributed by atoms with Gasteiger partial charge >= 0.3 is 12.1 Å². The minimum absolute atomic E-state index is 0.103. The second-order valence-electron chi connectivity index (χ2n) is 3.28. The fraction of sp³-hybridized carbons (Fsp3) is 0.182. The molecule has 1 aromatic heterocycles. The monoisotopic (exact) mass is 235 g/mol. The van der Waals surface area contributed by atoms with Crippen LogP contribution in [0.25, 0.3) is 10.9 Å². The lowest BCUT2D eigenvalue weighted by atomic mass is 10.2. The van der Waals surface area contributed by atoms with Crippen molar-refractivity contribution in [2.24, 2.45) is 0 Å². The van der Waals surface area contributed by atoms with E-state index in [1.165, 1.54) is 18.3 Å². The third kappa shape index (κ3) is 2.66. The number of nitrogens with one attached hydrogen (secondary N) is 1. The number of halogens is 1. The third-order valence-electron chi connectivity index (χ3n) is 2.03. The molecule has 0 unspecified atom stereocenters. The molecule has 0 atom stereocenters. The van der Waals surface area contributed by atoms with Gasteiger partial charge < -0.3 is 10.1 Å². The molecule has 5 nitrogen and oxygen atoms in total. The normalized spacial score (nSPS) is 10.2. The van der Waals surface area contributed by atoms with E-state index in [-0.39, 0.29) is 6.01 Å². The number of carbonyl (C=O) groups is 1. The van der Waals surface area contributed by atoms with Gasteiger partial charge in [-0.2, -0.15) is 4.98 Å². The van der Waals surface area contributed by atoms with Crippen LogP contribution in [0.3, 0.4) is 0 Å². The van der Waals surface area contributed by atoms with Gasteiger partial charge in [0.05, 0.1) is 5.52 Å². The van der Waals surface area contributed by atoms with Crippen LogP contribution in [0.5, 0.6) is 6.01 Å². The van der Waals surface area contributed by atoms with Crippen LogP contribution >= 0.6 is 0 Å². The molecule has 1 heterocycles. The van der Waals surface area contributed by atoms with Crippen molar-refractivity contribution in [3.05, 3.63) is 30.2 Å². The van der Waals surface area contributed by atoms with Gasteiger partial charge in [0.15, 0.2) is 0 Å². The van der Waals surface area contributed by atoms with E-state index in [2.05, 4.69) is 15.3 Å².